The maximum absolute atomic E-state index is 4.95. The van der Waals surface area contributed by atoms with E-state index in [0.29, 0.717) is 0 Å². The third-order valence-electron chi connectivity index (χ3n) is 0.777. The average Bonchev–Trinajstić information content (AvgIpc) is 2.12. The summed E-state index contributed by atoms with van der Waals surface area (Å²) in [5, 5.41) is 0. The van der Waals surface area contributed by atoms with Gasteiger partial charge in [-0.2, -0.15) is 0 Å². The molecule has 0 amide bonds. The van der Waals surface area contributed by atoms with Crippen molar-refractivity contribution in [2.24, 2.45) is 0 Å². The van der Waals surface area contributed by atoms with E-state index in [2.05, 4.69) is 4.98 Å². The minimum absolute atomic E-state index is 0.110. The highest BCUT2D eigenvalue weighted by Gasteiger charge is 1.84. The van der Waals surface area contributed by atoms with Gasteiger partial charge in [-0.3, -0.25) is 3.97 Å². The van der Waals surface area contributed by atoms with Crippen molar-refractivity contribution in [3.8, 4) is 0 Å². The summed E-state index contributed by atoms with van der Waals surface area (Å²) in [7, 11) is -0.110. The van der Waals surface area contributed by atoms with Crippen LogP contribution in [0.25, 0.3) is 0 Å². The maximum atomic E-state index is 4.95. The molecule has 1 aromatic rings. The van der Waals surface area contributed by atoms with Crippen molar-refractivity contribution < 1.29 is 0 Å². The van der Waals surface area contributed by atoms with E-state index >= 15 is 0 Å². The van der Waals surface area contributed by atoms with Crippen molar-refractivity contribution in [2.45, 2.75) is 0 Å². The van der Waals surface area contributed by atoms with E-state index in [4.69, 9.17) is 11.2 Å². The van der Waals surface area contributed by atoms with E-state index in [1.807, 2.05) is 16.4 Å². The molecule has 0 bridgehead atoms. The average molecular weight is 146 g/mol. The first-order chi connectivity index (χ1) is 3.80. The van der Waals surface area contributed by atoms with Gasteiger partial charge in [0.05, 0.1) is 0 Å². The fourth-order valence-corrected chi connectivity index (χ4v) is 1.08. The maximum Gasteiger partial charge on any atom is 0.105 e. The number of imidazole rings is 1. The normalized spacial score (nSPS) is 13.6. The molecule has 8 heavy (non-hydrogen) atoms. The van der Waals surface area contributed by atoms with E-state index in [0.717, 1.165) is 0 Å². The standard InChI is InChI=1S/C4H6N2S2/c1-8(7)6-3-2-5-4-6/h2-4H,1H3. The van der Waals surface area contributed by atoms with Gasteiger partial charge in [0.1, 0.15) is 6.33 Å². The molecule has 0 aliphatic rings. The van der Waals surface area contributed by atoms with Crippen molar-refractivity contribution in [3.05, 3.63) is 18.7 Å². The molecule has 0 saturated heterocycles. The summed E-state index contributed by atoms with van der Waals surface area (Å²) in [5.41, 5.74) is 0. The topological polar surface area (TPSA) is 17.8 Å². The summed E-state index contributed by atoms with van der Waals surface area (Å²) >= 11 is 4.95. The number of hydrogen-bond acceptors (Lipinski definition) is 2. The molecule has 44 valence electrons. The summed E-state index contributed by atoms with van der Waals surface area (Å²) in [6, 6.07) is 0. The Bertz CT molecular complexity index is 180. The lowest BCUT2D eigenvalue weighted by Gasteiger charge is -1.93. The lowest BCUT2D eigenvalue weighted by Crippen LogP contribution is -1.94. The molecule has 0 fully saturated rings. The fourth-order valence-electron chi connectivity index (χ4n) is 0.399. The third-order valence-corrected chi connectivity index (χ3v) is 2.10. The Morgan fingerprint density at radius 3 is 2.75 bits per heavy atom. The minimum atomic E-state index is -0.110. The second kappa shape index (κ2) is 2.37. The Morgan fingerprint density at radius 2 is 2.50 bits per heavy atom. The highest BCUT2D eigenvalue weighted by atomic mass is 32.8. The summed E-state index contributed by atoms with van der Waals surface area (Å²) in [6.45, 7) is 0. The first kappa shape index (κ1) is 5.91. The van der Waals surface area contributed by atoms with Crippen molar-refractivity contribution >= 4 is 20.8 Å². The summed E-state index contributed by atoms with van der Waals surface area (Å²) in [5.74, 6) is 0. The highest BCUT2D eigenvalue weighted by Crippen LogP contribution is 1.85. The van der Waals surface area contributed by atoms with Gasteiger partial charge in [-0.1, -0.05) is 0 Å². The largest absolute Gasteiger partial charge is 0.278 e. The van der Waals surface area contributed by atoms with Crippen LogP contribution in [0.1, 0.15) is 0 Å². The van der Waals surface area contributed by atoms with Gasteiger partial charge < -0.3 is 0 Å². The Balaban J connectivity index is 2.93. The number of hydrogen-bond donors (Lipinski definition) is 0. The van der Waals surface area contributed by atoms with Crippen LogP contribution in [0.2, 0.25) is 0 Å². The van der Waals surface area contributed by atoms with E-state index in [9.17, 15) is 0 Å². The van der Waals surface area contributed by atoms with Crippen LogP contribution in [-0.4, -0.2) is 15.2 Å². The van der Waals surface area contributed by atoms with Gasteiger partial charge in [-0.05, 0) is 20.8 Å². The molecule has 0 saturated carbocycles. The van der Waals surface area contributed by atoms with Gasteiger partial charge in [-0.25, -0.2) is 4.98 Å². The van der Waals surface area contributed by atoms with Crippen molar-refractivity contribution in [1.29, 1.82) is 0 Å². The minimum Gasteiger partial charge on any atom is -0.278 e. The van der Waals surface area contributed by atoms with Gasteiger partial charge in [0.15, 0.2) is 0 Å². The van der Waals surface area contributed by atoms with E-state index in [1.54, 1.807) is 12.5 Å². The SMILES string of the molecule is CS(=S)n1ccnc1. The van der Waals surface area contributed by atoms with E-state index in [1.165, 1.54) is 0 Å². The first-order valence-corrected chi connectivity index (χ1v) is 4.64. The smallest absolute Gasteiger partial charge is 0.105 e. The van der Waals surface area contributed by atoms with Crippen LogP contribution >= 0.6 is 0 Å². The third kappa shape index (κ3) is 1.14. The Kier molecular flexibility index (Phi) is 1.75. The van der Waals surface area contributed by atoms with Crippen LogP contribution in [0, 0.1) is 0 Å². The van der Waals surface area contributed by atoms with Gasteiger partial charge >= 0.3 is 0 Å². The van der Waals surface area contributed by atoms with Crippen LogP contribution in [-0.2, 0) is 20.8 Å². The zero-order valence-corrected chi connectivity index (χ0v) is 6.08. The fraction of sp³-hybridized carbons (Fsp3) is 0.250. The predicted molar refractivity (Wildman–Crippen MR) is 38.3 cm³/mol. The molecule has 0 aliphatic heterocycles. The van der Waals surface area contributed by atoms with Crippen molar-refractivity contribution in [3.63, 3.8) is 0 Å². The molecule has 1 rings (SSSR count). The molecule has 4 heteroatoms. The predicted octanol–water partition coefficient (Wildman–Crippen LogP) is 0.356. The quantitative estimate of drug-likeness (QED) is 0.569. The Morgan fingerprint density at radius 1 is 1.75 bits per heavy atom. The molecule has 0 aliphatic carbocycles. The van der Waals surface area contributed by atoms with Gasteiger partial charge in [0.25, 0.3) is 0 Å². The molecule has 1 aromatic heterocycles. The monoisotopic (exact) mass is 146 g/mol. The van der Waals surface area contributed by atoms with Crippen LogP contribution in [0.3, 0.4) is 0 Å². The van der Waals surface area contributed by atoms with Crippen LogP contribution in [0.5, 0.6) is 0 Å². The molecule has 2 nitrogen and oxygen atoms in total. The number of aromatic nitrogens is 2. The molecule has 0 aromatic carbocycles. The number of nitrogens with zero attached hydrogens (tertiary/aromatic N) is 2. The molecule has 0 spiro atoms. The second-order valence-electron chi connectivity index (χ2n) is 1.35. The summed E-state index contributed by atoms with van der Waals surface area (Å²) < 4.78 is 1.90. The molecule has 0 N–H and O–H groups in total. The van der Waals surface area contributed by atoms with Crippen LogP contribution < -0.4 is 0 Å². The molecule has 1 unspecified atom stereocenters. The lowest BCUT2D eigenvalue weighted by molar-refractivity contribution is 1.23. The molecule has 1 atom stereocenters. The Labute approximate surface area is 55.3 Å². The summed E-state index contributed by atoms with van der Waals surface area (Å²) in [6.07, 6.45) is 7.30. The van der Waals surface area contributed by atoms with E-state index < -0.39 is 0 Å². The van der Waals surface area contributed by atoms with Crippen molar-refractivity contribution in [1.82, 2.24) is 8.96 Å². The molecular weight excluding hydrogens is 140 g/mol. The van der Waals surface area contributed by atoms with Gasteiger partial charge in [0.2, 0.25) is 0 Å². The zero-order chi connectivity index (χ0) is 5.98. The molecule has 0 radical (unpaired) electrons. The van der Waals surface area contributed by atoms with Crippen molar-refractivity contribution in [2.75, 3.05) is 6.26 Å². The second-order valence-corrected chi connectivity index (χ2v) is 4.06. The van der Waals surface area contributed by atoms with Crippen LogP contribution in [0.4, 0.5) is 0 Å². The summed E-state index contributed by atoms with van der Waals surface area (Å²) in [4.78, 5) is 3.85. The number of rotatable bonds is 1. The molecular formula is C4H6N2S2. The molecule has 1 heterocycles. The van der Waals surface area contributed by atoms with E-state index in [-0.39, 0.29) is 9.64 Å². The first-order valence-electron chi connectivity index (χ1n) is 2.12. The zero-order valence-electron chi connectivity index (χ0n) is 4.44. The lowest BCUT2D eigenvalue weighted by atomic mass is 11.0. The van der Waals surface area contributed by atoms with Crippen LogP contribution in [0.15, 0.2) is 18.7 Å². The Hall–Kier alpha value is -0.220. The van der Waals surface area contributed by atoms with Gasteiger partial charge in [-0.15, -0.1) is 0 Å². The van der Waals surface area contributed by atoms with Gasteiger partial charge in [0, 0.05) is 18.6 Å². The highest BCUT2D eigenvalue weighted by molar-refractivity contribution is 8.27.